The topological polar surface area (TPSA) is 89.3 Å². The number of halogens is 1. The molecule has 0 saturated carbocycles. The second-order valence-corrected chi connectivity index (χ2v) is 6.08. The van der Waals surface area contributed by atoms with Crippen molar-refractivity contribution in [3.8, 4) is 0 Å². The summed E-state index contributed by atoms with van der Waals surface area (Å²) in [7, 11) is -4.04. The average molecular weight is 308 g/mol. The Hall–Kier alpha value is -2.41. The van der Waals surface area contributed by atoms with Crippen LogP contribution in [0.15, 0.2) is 47.4 Å². The fourth-order valence-corrected chi connectivity index (χ4v) is 2.95. The first-order chi connectivity index (χ1) is 9.79. The molecule has 0 aliphatic rings. The van der Waals surface area contributed by atoms with Crippen molar-refractivity contribution in [2.45, 2.75) is 11.8 Å². The highest BCUT2D eigenvalue weighted by Crippen LogP contribution is 2.23. The molecule has 0 aliphatic heterocycles. The van der Waals surface area contributed by atoms with Crippen LogP contribution in [0.4, 0.5) is 15.8 Å². The number of Topliss-reactive ketones (excluding diaryl/α,β-unsaturated/α-hetero) is 1. The van der Waals surface area contributed by atoms with Crippen molar-refractivity contribution in [3.05, 3.63) is 53.8 Å². The molecule has 2 rings (SSSR count). The zero-order valence-corrected chi connectivity index (χ0v) is 11.9. The number of rotatable bonds is 4. The number of ketones is 1. The van der Waals surface area contributed by atoms with Crippen molar-refractivity contribution in [3.63, 3.8) is 0 Å². The molecule has 0 unspecified atom stereocenters. The third-order valence-corrected chi connectivity index (χ3v) is 4.22. The summed E-state index contributed by atoms with van der Waals surface area (Å²) < 4.78 is 39.9. The van der Waals surface area contributed by atoms with Crippen molar-refractivity contribution >= 4 is 27.2 Å². The SMILES string of the molecule is CC(=O)c1cccc(NS(=O)(=O)c2cc(F)ccc2N)c1. The van der Waals surface area contributed by atoms with Gasteiger partial charge in [0.1, 0.15) is 10.7 Å². The Morgan fingerprint density at radius 3 is 2.57 bits per heavy atom. The molecular formula is C14H13FN2O3S. The van der Waals surface area contributed by atoms with Gasteiger partial charge in [0.25, 0.3) is 10.0 Å². The number of nitrogen functional groups attached to an aromatic ring is 1. The van der Waals surface area contributed by atoms with Gasteiger partial charge in [0.05, 0.1) is 5.69 Å². The Kier molecular flexibility index (Phi) is 3.95. The highest BCUT2D eigenvalue weighted by molar-refractivity contribution is 7.92. The molecule has 0 aliphatic carbocycles. The van der Waals surface area contributed by atoms with Gasteiger partial charge in [-0.3, -0.25) is 9.52 Å². The lowest BCUT2D eigenvalue weighted by atomic mass is 10.1. The van der Waals surface area contributed by atoms with Gasteiger partial charge in [-0.15, -0.1) is 0 Å². The van der Waals surface area contributed by atoms with Gasteiger partial charge in [-0.05, 0) is 37.3 Å². The Morgan fingerprint density at radius 1 is 1.19 bits per heavy atom. The van der Waals surface area contributed by atoms with E-state index in [2.05, 4.69) is 4.72 Å². The second-order valence-electron chi connectivity index (χ2n) is 4.42. The Labute approximate surface area is 121 Å². The van der Waals surface area contributed by atoms with Crippen LogP contribution < -0.4 is 10.5 Å². The van der Waals surface area contributed by atoms with Gasteiger partial charge in [0, 0.05) is 11.3 Å². The Balaban J connectivity index is 2.40. The van der Waals surface area contributed by atoms with E-state index in [1.807, 2.05) is 0 Å². The number of carbonyl (C=O) groups is 1. The summed E-state index contributed by atoms with van der Waals surface area (Å²) in [6.45, 7) is 1.37. The number of benzene rings is 2. The summed E-state index contributed by atoms with van der Waals surface area (Å²) in [6.07, 6.45) is 0. The van der Waals surface area contributed by atoms with Gasteiger partial charge in [-0.1, -0.05) is 12.1 Å². The molecular weight excluding hydrogens is 295 g/mol. The molecule has 0 heterocycles. The quantitative estimate of drug-likeness (QED) is 0.670. The first-order valence-electron chi connectivity index (χ1n) is 5.98. The summed E-state index contributed by atoms with van der Waals surface area (Å²) in [5.41, 5.74) is 6.07. The van der Waals surface area contributed by atoms with Gasteiger partial charge < -0.3 is 5.73 Å². The van der Waals surface area contributed by atoms with Crippen LogP contribution >= 0.6 is 0 Å². The van der Waals surface area contributed by atoms with Gasteiger partial charge >= 0.3 is 0 Å². The second kappa shape index (κ2) is 5.53. The third-order valence-electron chi connectivity index (χ3n) is 2.79. The number of anilines is 2. The van der Waals surface area contributed by atoms with E-state index in [1.165, 1.54) is 25.1 Å². The van der Waals surface area contributed by atoms with E-state index in [0.717, 1.165) is 12.1 Å². The van der Waals surface area contributed by atoms with E-state index >= 15 is 0 Å². The Morgan fingerprint density at radius 2 is 1.90 bits per heavy atom. The maximum Gasteiger partial charge on any atom is 0.264 e. The van der Waals surface area contributed by atoms with Crippen molar-refractivity contribution in [1.29, 1.82) is 0 Å². The molecule has 5 nitrogen and oxygen atoms in total. The lowest BCUT2D eigenvalue weighted by Gasteiger charge is -2.10. The molecule has 0 atom stereocenters. The molecule has 2 aromatic rings. The number of nitrogens with two attached hydrogens (primary N) is 1. The molecule has 3 N–H and O–H groups in total. The predicted molar refractivity (Wildman–Crippen MR) is 78.1 cm³/mol. The highest BCUT2D eigenvalue weighted by Gasteiger charge is 2.18. The fraction of sp³-hybridized carbons (Fsp3) is 0.0714. The molecule has 0 radical (unpaired) electrons. The van der Waals surface area contributed by atoms with Gasteiger partial charge in [0.2, 0.25) is 0 Å². The first kappa shape index (κ1) is 15.0. The van der Waals surface area contributed by atoms with E-state index < -0.39 is 15.8 Å². The van der Waals surface area contributed by atoms with Crippen LogP contribution in [0.3, 0.4) is 0 Å². The number of hydrogen-bond donors (Lipinski definition) is 2. The van der Waals surface area contributed by atoms with E-state index in [1.54, 1.807) is 12.1 Å². The average Bonchev–Trinajstić information content (AvgIpc) is 2.41. The van der Waals surface area contributed by atoms with Crippen LogP contribution in [-0.2, 0) is 10.0 Å². The lowest BCUT2D eigenvalue weighted by Crippen LogP contribution is -2.15. The van der Waals surface area contributed by atoms with Crippen LogP contribution in [0.2, 0.25) is 0 Å². The summed E-state index contributed by atoms with van der Waals surface area (Å²) in [5.74, 6) is -0.900. The number of hydrogen-bond acceptors (Lipinski definition) is 4. The molecule has 0 spiro atoms. The largest absolute Gasteiger partial charge is 0.398 e. The molecule has 0 bridgehead atoms. The van der Waals surface area contributed by atoms with E-state index in [0.29, 0.717) is 5.56 Å². The van der Waals surface area contributed by atoms with Gasteiger partial charge in [0.15, 0.2) is 5.78 Å². The molecule has 21 heavy (non-hydrogen) atoms. The fourth-order valence-electron chi connectivity index (χ4n) is 1.75. The zero-order valence-electron chi connectivity index (χ0n) is 11.1. The highest BCUT2D eigenvalue weighted by atomic mass is 32.2. The van der Waals surface area contributed by atoms with Crippen molar-refractivity contribution in [1.82, 2.24) is 0 Å². The summed E-state index contributed by atoms with van der Waals surface area (Å²) in [4.78, 5) is 10.9. The number of carbonyl (C=O) groups excluding carboxylic acids is 1. The standard InChI is InChI=1S/C14H13FN2O3S/c1-9(18)10-3-2-4-12(7-10)17-21(19,20)14-8-11(15)5-6-13(14)16/h2-8,17H,16H2,1H3. The van der Waals surface area contributed by atoms with E-state index in [4.69, 9.17) is 5.73 Å². The minimum absolute atomic E-state index is 0.0633. The van der Waals surface area contributed by atoms with Crippen LogP contribution in [0, 0.1) is 5.82 Å². The van der Waals surface area contributed by atoms with E-state index in [9.17, 15) is 17.6 Å². The van der Waals surface area contributed by atoms with Crippen molar-refractivity contribution < 1.29 is 17.6 Å². The molecule has 0 aromatic heterocycles. The van der Waals surface area contributed by atoms with E-state index in [-0.39, 0.29) is 22.1 Å². The summed E-state index contributed by atoms with van der Waals surface area (Å²) in [6, 6.07) is 9.09. The van der Waals surface area contributed by atoms with Gasteiger partial charge in [-0.2, -0.15) is 0 Å². The lowest BCUT2D eigenvalue weighted by molar-refractivity contribution is 0.101. The van der Waals surface area contributed by atoms with Crippen LogP contribution in [0.25, 0.3) is 0 Å². The third kappa shape index (κ3) is 3.38. The molecule has 110 valence electrons. The number of sulfonamides is 1. The molecule has 0 saturated heterocycles. The maximum absolute atomic E-state index is 13.2. The minimum atomic E-state index is -4.04. The smallest absolute Gasteiger partial charge is 0.264 e. The summed E-state index contributed by atoms with van der Waals surface area (Å²) >= 11 is 0. The number of nitrogens with one attached hydrogen (secondary N) is 1. The molecule has 7 heteroatoms. The van der Waals surface area contributed by atoms with Crippen LogP contribution in [0.5, 0.6) is 0 Å². The monoisotopic (exact) mass is 308 g/mol. The Bertz CT molecular complexity index is 804. The molecule has 0 amide bonds. The minimum Gasteiger partial charge on any atom is -0.398 e. The van der Waals surface area contributed by atoms with Crippen LogP contribution in [-0.4, -0.2) is 14.2 Å². The summed E-state index contributed by atoms with van der Waals surface area (Å²) in [5, 5.41) is 0. The predicted octanol–water partition coefficient (Wildman–Crippen LogP) is 2.41. The first-order valence-corrected chi connectivity index (χ1v) is 7.47. The molecule has 0 fully saturated rings. The maximum atomic E-state index is 13.2. The zero-order chi connectivity index (χ0) is 15.6. The van der Waals surface area contributed by atoms with Crippen molar-refractivity contribution in [2.75, 3.05) is 10.5 Å². The molecule has 2 aromatic carbocycles. The van der Waals surface area contributed by atoms with Crippen LogP contribution in [0.1, 0.15) is 17.3 Å². The van der Waals surface area contributed by atoms with Gasteiger partial charge in [-0.25, -0.2) is 12.8 Å². The van der Waals surface area contributed by atoms with Crippen molar-refractivity contribution in [2.24, 2.45) is 0 Å². The normalized spacial score (nSPS) is 11.1.